The summed E-state index contributed by atoms with van der Waals surface area (Å²) in [6, 6.07) is 0.507. The van der Waals surface area contributed by atoms with Gasteiger partial charge < -0.3 is 4.79 Å². The summed E-state index contributed by atoms with van der Waals surface area (Å²) in [4.78, 5) is 13.1. The number of carbonyl (C=O) groups is 1. The number of nitrogens with zero attached hydrogens (tertiary/aromatic N) is 1. The number of allylic oxidation sites excluding steroid dienone is 3. The summed E-state index contributed by atoms with van der Waals surface area (Å²) < 4.78 is 95.4. The highest BCUT2D eigenvalue weighted by Gasteiger charge is 2.42. The molecule has 9 heteroatoms. The summed E-state index contributed by atoms with van der Waals surface area (Å²) in [5.41, 5.74) is -2.01. The van der Waals surface area contributed by atoms with Gasteiger partial charge in [-0.25, -0.2) is 4.39 Å². The molecule has 1 aliphatic carbocycles. The number of piperidine rings is 1. The SMILES string of the molecule is CCCC(c1cc(C(F)(F)F)ccc1C(F)(F)F)N1CC[C@H](CC=O)C[C@@H]1C1C=CC(CF)=CC1. The number of hydrogen-bond donors (Lipinski definition) is 0. The summed E-state index contributed by atoms with van der Waals surface area (Å²) in [5.74, 6) is -0.0983. The number of rotatable bonds is 8. The average Bonchev–Trinajstić information content (AvgIpc) is 2.81. The van der Waals surface area contributed by atoms with E-state index in [0.717, 1.165) is 6.29 Å². The van der Waals surface area contributed by atoms with E-state index in [4.69, 9.17) is 0 Å². The Morgan fingerprint density at radius 1 is 1.14 bits per heavy atom. The van der Waals surface area contributed by atoms with E-state index < -0.39 is 36.2 Å². The van der Waals surface area contributed by atoms with Gasteiger partial charge in [0.25, 0.3) is 0 Å². The molecule has 2 aliphatic rings. The lowest BCUT2D eigenvalue weighted by molar-refractivity contribution is -0.142. The number of hydrogen-bond acceptors (Lipinski definition) is 2. The number of alkyl halides is 7. The Morgan fingerprint density at radius 3 is 2.43 bits per heavy atom. The van der Waals surface area contributed by atoms with Crippen LogP contribution in [0, 0.1) is 11.8 Å². The fraction of sp³-hybridized carbons (Fsp3) is 0.577. The van der Waals surface area contributed by atoms with Gasteiger partial charge in [-0.05, 0) is 73.4 Å². The fourth-order valence-electron chi connectivity index (χ4n) is 5.36. The first-order valence-electron chi connectivity index (χ1n) is 11.9. The van der Waals surface area contributed by atoms with Gasteiger partial charge in [0.2, 0.25) is 0 Å². The highest BCUT2D eigenvalue weighted by molar-refractivity contribution is 5.49. The van der Waals surface area contributed by atoms with Gasteiger partial charge in [-0.3, -0.25) is 4.90 Å². The fourth-order valence-corrected chi connectivity index (χ4v) is 5.36. The first-order valence-corrected chi connectivity index (χ1v) is 11.9. The molecule has 4 atom stereocenters. The van der Waals surface area contributed by atoms with Crippen molar-refractivity contribution < 1.29 is 35.5 Å². The normalized spacial score (nSPS) is 24.8. The van der Waals surface area contributed by atoms with Gasteiger partial charge in [0.15, 0.2) is 0 Å². The van der Waals surface area contributed by atoms with Gasteiger partial charge in [-0.2, -0.15) is 26.3 Å². The molecular formula is C26H30F7NO. The van der Waals surface area contributed by atoms with Crippen LogP contribution in [0.15, 0.2) is 42.0 Å². The zero-order valence-electron chi connectivity index (χ0n) is 19.5. The third kappa shape index (κ3) is 6.54. The third-order valence-corrected chi connectivity index (χ3v) is 7.09. The van der Waals surface area contributed by atoms with Crippen molar-refractivity contribution in [3.05, 3.63) is 58.7 Å². The molecule has 0 aromatic heterocycles. The van der Waals surface area contributed by atoms with Gasteiger partial charge in [-0.1, -0.05) is 31.6 Å². The Kier molecular flexibility index (Phi) is 8.83. The Morgan fingerprint density at radius 2 is 1.89 bits per heavy atom. The second-order valence-electron chi connectivity index (χ2n) is 9.37. The van der Waals surface area contributed by atoms with Crippen LogP contribution in [-0.2, 0) is 17.1 Å². The maximum absolute atomic E-state index is 13.9. The topological polar surface area (TPSA) is 20.3 Å². The van der Waals surface area contributed by atoms with E-state index in [2.05, 4.69) is 0 Å². The van der Waals surface area contributed by atoms with Gasteiger partial charge >= 0.3 is 12.4 Å². The second kappa shape index (κ2) is 11.3. The molecule has 1 aromatic carbocycles. The van der Waals surface area contributed by atoms with Gasteiger partial charge in [0.1, 0.15) is 13.0 Å². The Labute approximate surface area is 200 Å². The van der Waals surface area contributed by atoms with Crippen LogP contribution in [0.4, 0.5) is 30.7 Å². The van der Waals surface area contributed by atoms with Crippen LogP contribution < -0.4 is 0 Å². The number of benzene rings is 1. The average molecular weight is 506 g/mol. The standard InChI is InChI=1S/C26H30F7NO/c1-2-3-23(21-15-20(25(28,29)30)8-9-22(21)26(31,32)33)34-12-10-17(11-13-35)14-24(34)19-6-4-18(16-27)5-7-19/h4-6,8-9,13,15,17,19,23-24H,2-3,7,10-12,14,16H2,1H3/t17-,19?,23?,24-/m1/s1. The molecule has 1 aliphatic heterocycles. The molecule has 1 fully saturated rings. The van der Waals surface area contributed by atoms with Crippen molar-refractivity contribution >= 4 is 6.29 Å². The van der Waals surface area contributed by atoms with E-state index in [-0.39, 0.29) is 29.9 Å². The van der Waals surface area contributed by atoms with E-state index >= 15 is 0 Å². The van der Waals surface area contributed by atoms with Crippen LogP contribution >= 0.6 is 0 Å². The molecule has 1 saturated heterocycles. The van der Waals surface area contributed by atoms with Crippen molar-refractivity contribution in [1.29, 1.82) is 0 Å². The third-order valence-electron chi connectivity index (χ3n) is 7.09. The van der Waals surface area contributed by atoms with Crippen LogP contribution in [-0.4, -0.2) is 30.4 Å². The Hall–Kier alpha value is -2.16. The van der Waals surface area contributed by atoms with Crippen molar-refractivity contribution in [3.63, 3.8) is 0 Å². The number of aldehydes is 1. The molecule has 194 valence electrons. The summed E-state index contributed by atoms with van der Waals surface area (Å²) in [5, 5.41) is 0. The van der Waals surface area contributed by atoms with Crippen LogP contribution in [0.2, 0.25) is 0 Å². The summed E-state index contributed by atoms with van der Waals surface area (Å²) in [7, 11) is 0. The summed E-state index contributed by atoms with van der Waals surface area (Å²) in [6.07, 6.45) is -0.852. The first-order chi connectivity index (χ1) is 16.5. The van der Waals surface area contributed by atoms with E-state index in [1.165, 1.54) is 0 Å². The second-order valence-corrected chi connectivity index (χ2v) is 9.37. The molecule has 3 rings (SSSR count). The molecule has 2 unspecified atom stereocenters. The minimum absolute atomic E-state index is 0.0413. The molecule has 2 nitrogen and oxygen atoms in total. The highest BCUT2D eigenvalue weighted by atomic mass is 19.4. The van der Waals surface area contributed by atoms with E-state index in [1.807, 2.05) is 11.0 Å². The molecule has 1 aromatic rings. The molecule has 0 N–H and O–H groups in total. The highest BCUT2D eigenvalue weighted by Crippen LogP contribution is 2.45. The Balaban J connectivity index is 2.07. The van der Waals surface area contributed by atoms with Gasteiger partial charge in [0, 0.05) is 18.5 Å². The van der Waals surface area contributed by atoms with E-state index in [1.54, 1.807) is 19.1 Å². The lowest BCUT2D eigenvalue weighted by Crippen LogP contribution is -2.48. The molecule has 0 amide bonds. The van der Waals surface area contributed by atoms with Crippen LogP contribution in [0.5, 0.6) is 0 Å². The molecule has 0 bridgehead atoms. The predicted molar refractivity (Wildman–Crippen MR) is 119 cm³/mol. The summed E-state index contributed by atoms with van der Waals surface area (Å²) in [6.45, 7) is 1.53. The van der Waals surface area contributed by atoms with Crippen molar-refractivity contribution in [1.82, 2.24) is 4.90 Å². The van der Waals surface area contributed by atoms with Gasteiger partial charge in [0.05, 0.1) is 11.1 Å². The molecule has 0 saturated carbocycles. The maximum atomic E-state index is 13.9. The smallest absolute Gasteiger partial charge is 0.303 e. The van der Waals surface area contributed by atoms with Crippen LogP contribution in [0.3, 0.4) is 0 Å². The maximum Gasteiger partial charge on any atom is 0.416 e. The Bertz CT molecular complexity index is 935. The summed E-state index contributed by atoms with van der Waals surface area (Å²) >= 11 is 0. The molecule has 0 radical (unpaired) electrons. The van der Waals surface area contributed by atoms with Crippen molar-refractivity contribution in [3.8, 4) is 0 Å². The van der Waals surface area contributed by atoms with Crippen molar-refractivity contribution in [2.75, 3.05) is 13.2 Å². The molecule has 35 heavy (non-hydrogen) atoms. The van der Waals surface area contributed by atoms with Crippen LogP contribution in [0.25, 0.3) is 0 Å². The minimum Gasteiger partial charge on any atom is -0.303 e. The van der Waals surface area contributed by atoms with Crippen LogP contribution in [0.1, 0.15) is 68.2 Å². The zero-order valence-corrected chi connectivity index (χ0v) is 19.5. The van der Waals surface area contributed by atoms with Crippen molar-refractivity contribution in [2.45, 2.75) is 69.9 Å². The lowest BCUT2D eigenvalue weighted by Gasteiger charge is -2.47. The first kappa shape index (κ1) is 27.4. The number of carbonyl (C=O) groups excluding carboxylic acids is 1. The van der Waals surface area contributed by atoms with E-state index in [9.17, 15) is 35.5 Å². The molecular weight excluding hydrogens is 475 g/mol. The van der Waals surface area contributed by atoms with Gasteiger partial charge in [-0.15, -0.1) is 0 Å². The van der Waals surface area contributed by atoms with E-state index in [0.29, 0.717) is 62.4 Å². The predicted octanol–water partition coefficient (Wildman–Crippen LogP) is 7.71. The monoisotopic (exact) mass is 505 g/mol. The number of halogens is 7. The molecule has 0 spiro atoms. The largest absolute Gasteiger partial charge is 0.416 e. The molecule has 1 heterocycles. The lowest BCUT2D eigenvalue weighted by atomic mass is 9.78. The van der Waals surface area contributed by atoms with Crippen molar-refractivity contribution in [2.24, 2.45) is 11.8 Å². The minimum atomic E-state index is -4.81. The zero-order chi connectivity index (χ0) is 25.8. The quantitative estimate of drug-likeness (QED) is 0.266. The number of likely N-dealkylation sites (tertiary alicyclic amines) is 1.